The summed E-state index contributed by atoms with van der Waals surface area (Å²) in [5, 5.41) is 13.9. The highest BCUT2D eigenvalue weighted by molar-refractivity contribution is 9.10. The first-order valence-electron chi connectivity index (χ1n) is 7.32. The van der Waals surface area contributed by atoms with Gasteiger partial charge in [-0.1, -0.05) is 19.1 Å². The SMILES string of the molecule is Cc1ccc(NC2CC(C)c3c(C)ccc(O)c32)c(Br)c1. The van der Waals surface area contributed by atoms with Crippen LogP contribution in [0.3, 0.4) is 0 Å². The third kappa shape index (κ3) is 2.55. The molecule has 0 radical (unpaired) electrons. The monoisotopic (exact) mass is 345 g/mol. The van der Waals surface area contributed by atoms with Crippen molar-refractivity contribution in [2.24, 2.45) is 0 Å². The molecule has 2 aromatic carbocycles. The predicted molar refractivity (Wildman–Crippen MR) is 91.1 cm³/mol. The molecule has 0 amide bonds. The standard InChI is InChI=1S/C18H20BrNO/c1-10-4-6-14(13(19)8-10)20-15-9-12(3)17-11(2)5-7-16(21)18(15)17/h4-8,12,15,20-21H,9H2,1-3H3. The average molecular weight is 346 g/mol. The van der Waals surface area contributed by atoms with Gasteiger partial charge in [-0.05, 0) is 77.0 Å². The second-order valence-corrected chi connectivity index (χ2v) is 6.90. The van der Waals surface area contributed by atoms with E-state index >= 15 is 0 Å². The van der Waals surface area contributed by atoms with Crippen molar-refractivity contribution in [1.82, 2.24) is 0 Å². The normalized spacial score (nSPS) is 20.4. The largest absolute Gasteiger partial charge is 0.508 e. The Hall–Kier alpha value is -1.48. The van der Waals surface area contributed by atoms with Gasteiger partial charge >= 0.3 is 0 Å². The highest BCUT2D eigenvalue weighted by Gasteiger charge is 2.32. The van der Waals surface area contributed by atoms with Crippen LogP contribution in [0.4, 0.5) is 5.69 Å². The first kappa shape index (κ1) is 14.5. The molecule has 2 unspecified atom stereocenters. The van der Waals surface area contributed by atoms with Crippen LogP contribution in [-0.2, 0) is 0 Å². The van der Waals surface area contributed by atoms with E-state index in [-0.39, 0.29) is 6.04 Å². The van der Waals surface area contributed by atoms with Gasteiger partial charge in [-0.15, -0.1) is 0 Å². The number of fused-ring (bicyclic) bond motifs is 1. The number of rotatable bonds is 2. The van der Waals surface area contributed by atoms with Gasteiger partial charge in [-0.25, -0.2) is 0 Å². The molecule has 2 atom stereocenters. The highest BCUT2D eigenvalue weighted by atomic mass is 79.9. The number of hydrogen-bond acceptors (Lipinski definition) is 2. The topological polar surface area (TPSA) is 32.3 Å². The van der Waals surface area contributed by atoms with Crippen molar-refractivity contribution in [3.63, 3.8) is 0 Å². The zero-order chi connectivity index (χ0) is 15.1. The lowest BCUT2D eigenvalue weighted by Crippen LogP contribution is -2.08. The molecule has 2 aromatic rings. The van der Waals surface area contributed by atoms with Crippen molar-refractivity contribution < 1.29 is 5.11 Å². The maximum atomic E-state index is 10.3. The number of phenolic OH excluding ortho intramolecular Hbond substituents is 1. The van der Waals surface area contributed by atoms with Gasteiger partial charge in [-0.2, -0.15) is 0 Å². The van der Waals surface area contributed by atoms with E-state index in [1.807, 2.05) is 12.1 Å². The molecule has 0 bridgehead atoms. The summed E-state index contributed by atoms with van der Waals surface area (Å²) in [5.41, 5.74) is 5.94. The Kier molecular flexibility index (Phi) is 3.70. The van der Waals surface area contributed by atoms with Crippen LogP contribution in [0.2, 0.25) is 0 Å². The minimum atomic E-state index is 0.161. The summed E-state index contributed by atoms with van der Waals surface area (Å²) >= 11 is 3.62. The third-order valence-electron chi connectivity index (χ3n) is 4.37. The molecule has 0 heterocycles. The summed E-state index contributed by atoms with van der Waals surface area (Å²) in [6, 6.07) is 10.3. The summed E-state index contributed by atoms with van der Waals surface area (Å²) < 4.78 is 1.07. The summed E-state index contributed by atoms with van der Waals surface area (Å²) in [6.45, 7) is 6.44. The zero-order valence-corrected chi connectivity index (χ0v) is 14.2. The second kappa shape index (κ2) is 5.38. The van der Waals surface area contributed by atoms with E-state index in [9.17, 15) is 5.11 Å². The van der Waals surface area contributed by atoms with Gasteiger partial charge in [0.1, 0.15) is 5.75 Å². The molecule has 2 N–H and O–H groups in total. The van der Waals surface area contributed by atoms with Gasteiger partial charge < -0.3 is 10.4 Å². The van der Waals surface area contributed by atoms with Crippen LogP contribution in [0.1, 0.15) is 47.6 Å². The fraction of sp³-hybridized carbons (Fsp3) is 0.333. The predicted octanol–water partition coefficient (Wildman–Crippen LogP) is 5.43. The van der Waals surface area contributed by atoms with Crippen LogP contribution in [0, 0.1) is 13.8 Å². The molecule has 0 spiro atoms. The zero-order valence-electron chi connectivity index (χ0n) is 12.6. The average Bonchev–Trinajstić information content (AvgIpc) is 2.75. The molecule has 1 aliphatic carbocycles. The number of phenols is 1. The van der Waals surface area contributed by atoms with E-state index in [1.54, 1.807) is 0 Å². The van der Waals surface area contributed by atoms with E-state index in [0.29, 0.717) is 11.7 Å². The van der Waals surface area contributed by atoms with E-state index in [4.69, 9.17) is 0 Å². The van der Waals surface area contributed by atoms with Crippen molar-refractivity contribution in [1.29, 1.82) is 0 Å². The van der Waals surface area contributed by atoms with E-state index in [0.717, 1.165) is 22.1 Å². The Morgan fingerprint density at radius 3 is 2.62 bits per heavy atom. The number of aromatic hydroxyl groups is 1. The second-order valence-electron chi connectivity index (χ2n) is 6.05. The van der Waals surface area contributed by atoms with Crippen LogP contribution < -0.4 is 5.32 Å². The minimum Gasteiger partial charge on any atom is -0.508 e. The van der Waals surface area contributed by atoms with Crippen LogP contribution in [0.5, 0.6) is 5.75 Å². The van der Waals surface area contributed by atoms with Crippen LogP contribution in [-0.4, -0.2) is 5.11 Å². The fourth-order valence-corrected chi connectivity index (χ4v) is 4.01. The smallest absolute Gasteiger partial charge is 0.121 e. The lowest BCUT2D eigenvalue weighted by Gasteiger charge is -2.18. The Labute approximate surface area is 134 Å². The van der Waals surface area contributed by atoms with Crippen molar-refractivity contribution >= 4 is 21.6 Å². The Balaban J connectivity index is 1.98. The Morgan fingerprint density at radius 2 is 1.90 bits per heavy atom. The highest BCUT2D eigenvalue weighted by Crippen LogP contribution is 2.47. The van der Waals surface area contributed by atoms with Crippen molar-refractivity contribution in [3.05, 3.63) is 57.1 Å². The molecule has 0 saturated carbocycles. The van der Waals surface area contributed by atoms with Gasteiger partial charge in [0.2, 0.25) is 0 Å². The molecule has 0 saturated heterocycles. The van der Waals surface area contributed by atoms with Gasteiger partial charge in [-0.3, -0.25) is 0 Å². The van der Waals surface area contributed by atoms with Crippen LogP contribution in [0.25, 0.3) is 0 Å². The van der Waals surface area contributed by atoms with E-state index in [2.05, 4.69) is 60.2 Å². The van der Waals surface area contributed by atoms with Crippen LogP contribution >= 0.6 is 15.9 Å². The molecular formula is C18H20BrNO. The van der Waals surface area contributed by atoms with Gasteiger partial charge in [0.05, 0.1) is 6.04 Å². The summed E-state index contributed by atoms with van der Waals surface area (Å²) in [5.74, 6) is 0.870. The maximum Gasteiger partial charge on any atom is 0.121 e. The quantitative estimate of drug-likeness (QED) is 0.760. The number of nitrogens with one attached hydrogen (secondary N) is 1. The number of aryl methyl sites for hydroxylation is 2. The maximum absolute atomic E-state index is 10.3. The Morgan fingerprint density at radius 1 is 1.14 bits per heavy atom. The lowest BCUT2D eigenvalue weighted by atomic mass is 9.97. The molecule has 3 heteroatoms. The van der Waals surface area contributed by atoms with Crippen LogP contribution in [0.15, 0.2) is 34.8 Å². The number of anilines is 1. The van der Waals surface area contributed by atoms with Crippen molar-refractivity contribution in [2.45, 2.75) is 39.2 Å². The number of halogens is 1. The third-order valence-corrected chi connectivity index (χ3v) is 5.02. The fourth-order valence-electron chi connectivity index (χ4n) is 3.40. The number of benzene rings is 2. The van der Waals surface area contributed by atoms with Gasteiger partial charge in [0.15, 0.2) is 0 Å². The molecule has 0 fully saturated rings. The Bertz CT molecular complexity index is 696. The summed E-state index contributed by atoms with van der Waals surface area (Å²) in [6.07, 6.45) is 1.01. The first-order valence-corrected chi connectivity index (χ1v) is 8.11. The van der Waals surface area contributed by atoms with Crippen molar-refractivity contribution in [2.75, 3.05) is 5.32 Å². The van der Waals surface area contributed by atoms with Crippen molar-refractivity contribution in [3.8, 4) is 5.75 Å². The van der Waals surface area contributed by atoms with Gasteiger partial charge in [0, 0.05) is 15.7 Å². The molecular weight excluding hydrogens is 326 g/mol. The lowest BCUT2D eigenvalue weighted by molar-refractivity contribution is 0.465. The van der Waals surface area contributed by atoms with Gasteiger partial charge in [0.25, 0.3) is 0 Å². The minimum absolute atomic E-state index is 0.161. The molecule has 2 nitrogen and oxygen atoms in total. The van der Waals surface area contributed by atoms with E-state index in [1.165, 1.54) is 16.7 Å². The van der Waals surface area contributed by atoms with E-state index < -0.39 is 0 Å². The molecule has 0 aromatic heterocycles. The molecule has 0 aliphatic heterocycles. The summed E-state index contributed by atoms with van der Waals surface area (Å²) in [4.78, 5) is 0. The first-order chi connectivity index (χ1) is 9.97. The molecule has 3 rings (SSSR count). The molecule has 1 aliphatic rings. The number of hydrogen-bond donors (Lipinski definition) is 2. The molecule has 21 heavy (non-hydrogen) atoms. The summed E-state index contributed by atoms with van der Waals surface area (Å²) in [7, 11) is 0. The molecule has 110 valence electrons.